The molecule has 17 heteroatoms. The van der Waals surface area contributed by atoms with Crippen molar-refractivity contribution in [1.29, 1.82) is 0 Å². The molecule has 0 bridgehead atoms. The number of phenols is 1. The van der Waals surface area contributed by atoms with Crippen molar-refractivity contribution in [2.45, 2.75) is 109 Å². The normalized spacial score (nSPS) is 22.4. The molecule has 0 aliphatic carbocycles. The molecule has 334 valence electrons. The third-order valence-corrected chi connectivity index (χ3v) is 10.8. The van der Waals surface area contributed by atoms with Crippen LogP contribution >= 0.6 is 0 Å². The fraction of sp³-hybridized carbons (Fsp3) is 0.444. The quantitative estimate of drug-likeness (QED) is 0.103. The molecule has 7 amide bonds. The summed E-state index contributed by atoms with van der Waals surface area (Å²) in [5, 5.41) is 39.2. The zero-order valence-electron chi connectivity index (χ0n) is 35.7. The zero-order valence-corrected chi connectivity index (χ0v) is 35.7. The van der Waals surface area contributed by atoms with Gasteiger partial charge in [-0.25, -0.2) is 0 Å². The van der Waals surface area contributed by atoms with E-state index in [4.69, 9.17) is 5.73 Å². The molecule has 1 saturated heterocycles. The first-order valence-electron chi connectivity index (χ1n) is 20.9. The summed E-state index contributed by atoms with van der Waals surface area (Å²) in [5.41, 5.74) is 8.21. The summed E-state index contributed by atoms with van der Waals surface area (Å²) in [6, 6.07) is 14.5. The van der Waals surface area contributed by atoms with E-state index < -0.39 is 108 Å². The maximum atomic E-state index is 14.3. The van der Waals surface area contributed by atoms with Gasteiger partial charge in [-0.15, -0.1) is 0 Å². The molecule has 0 saturated carbocycles. The third-order valence-electron chi connectivity index (χ3n) is 10.8. The van der Waals surface area contributed by atoms with Crippen LogP contribution in [0.25, 0.3) is 0 Å². The van der Waals surface area contributed by atoms with E-state index in [2.05, 4.69) is 37.2 Å². The molecule has 9 atom stereocenters. The summed E-state index contributed by atoms with van der Waals surface area (Å²) < 4.78 is 0. The van der Waals surface area contributed by atoms with Crippen molar-refractivity contribution >= 4 is 41.4 Å². The van der Waals surface area contributed by atoms with Gasteiger partial charge in [0.15, 0.2) is 0 Å². The van der Waals surface area contributed by atoms with Gasteiger partial charge in [-0.1, -0.05) is 107 Å². The van der Waals surface area contributed by atoms with Crippen molar-refractivity contribution in [3.63, 3.8) is 0 Å². The molecule has 17 nitrogen and oxygen atoms in total. The predicted octanol–water partition coefficient (Wildman–Crippen LogP) is -0.131. The molecule has 1 aliphatic rings. The van der Waals surface area contributed by atoms with Crippen molar-refractivity contribution < 1.29 is 43.8 Å². The van der Waals surface area contributed by atoms with Gasteiger partial charge >= 0.3 is 0 Å². The molecule has 0 spiro atoms. The Balaban J connectivity index is 1.72. The maximum Gasteiger partial charge on any atom is 0.245 e. The first-order chi connectivity index (χ1) is 29.5. The lowest BCUT2D eigenvalue weighted by Gasteiger charge is -2.31. The Morgan fingerprint density at radius 3 is 1.74 bits per heavy atom. The van der Waals surface area contributed by atoms with Crippen LogP contribution in [0.2, 0.25) is 0 Å². The molecule has 1 heterocycles. The van der Waals surface area contributed by atoms with Crippen LogP contribution in [-0.2, 0) is 52.8 Å². The summed E-state index contributed by atoms with van der Waals surface area (Å²) in [5.74, 6) is -6.58. The van der Waals surface area contributed by atoms with Crippen LogP contribution in [0, 0.1) is 11.8 Å². The van der Waals surface area contributed by atoms with Crippen molar-refractivity contribution in [1.82, 2.24) is 37.2 Å². The number of carbonyl (C=O) groups is 7. The second-order valence-electron chi connectivity index (χ2n) is 16.1. The van der Waals surface area contributed by atoms with Gasteiger partial charge in [0.05, 0.1) is 12.1 Å². The van der Waals surface area contributed by atoms with E-state index in [9.17, 15) is 43.8 Å². The molecule has 3 aromatic rings. The summed E-state index contributed by atoms with van der Waals surface area (Å²) in [4.78, 5) is 97.7. The van der Waals surface area contributed by atoms with Gasteiger partial charge in [-0.2, -0.15) is 0 Å². The Bertz CT molecular complexity index is 2000. The number of hydrogen-bond acceptors (Lipinski definition) is 10. The van der Waals surface area contributed by atoms with E-state index in [0.29, 0.717) is 17.5 Å². The summed E-state index contributed by atoms with van der Waals surface area (Å²) in [6.45, 7) is 7.65. The Morgan fingerprint density at radius 2 is 1.19 bits per heavy atom. The summed E-state index contributed by atoms with van der Waals surface area (Å²) in [6.07, 6.45) is -1.03. The molecule has 4 rings (SSSR count). The summed E-state index contributed by atoms with van der Waals surface area (Å²) in [7, 11) is 0. The number of amides is 7. The molecule has 0 aromatic heterocycles. The third kappa shape index (κ3) is 14.1. The van der Waals surface area contributed by atoms with E-state index in [-0.39, 0.29) is 25.0 Å². The number of phenolic OH excluding ortho intramolecular Hbond substituents is 1. The molecular formula is C45H60N8O9. The van der Waals surface area contributed by atoms with Gasteiger partial charge in [-0.3, -0.25) is 33.6 Å². The van der Waals surface area contributed by atoms with E-state index in [1.165, 1.54) is 31.2 Å². The number of benzene rings is 3. The molecule has 11 N–H and O–H groups in total. The molecule has 2 unspecified atom stereocenters. The van der Waals surface area contributed by atoms with Crippen LogP contribution < -0.4 is 43.0 Å². The minimum Gasteiger partial charge on any atom is -0.508 e. The van der Waals surface area contributed by atoms with E-state index in [1.54, 1.807) is 58.0 Å². The lowest BCUT2D eigenvalue weighted by Crippen LogP contribution is -2.64. The number of aliphatic hydroxyl groups excluding tert-OH is 1. The average Bonchev–Trinajstić information content (AvgIpc) is 3.24. The predicted molar refractivity (Wildman–Crippen MR) is 231 cm³/mol. The van der Waals surface area contributed by atoms with Crippen molar-refractivity contribution in [3.8, 4) is 5.75 Å². The number of aromatic hydroxyl groups is 1. The Morgan fingerprint density at radius 1 is 0.677 bits per heavy atom. The smallest absolute Gasteiger partial charge is 0.245 e. The minimum absolute atomic E-state index is 0.0321. The minimum atomic E-state index is -1.58. The highest BCUT2D eigenvalue weighted by Gasteiger charge is 2.37. The fourth-order valence-electron chi connectivity index (χ4n) is 6.83. The van der Waals surface area contributed by atoms with Crippen LogP contribution in [0.3, 0.4) is 0 Å². The monoisotopic (exact) mass is 856 g/mol. The topological polar surface area (TPSA) is 270 Å². The molecule has 0 radical (unpaired) electrons. The van der Waals surface area contributed by atoms with Crippen LogP contribution in [0.1, 0.15) is 57.7 Å². The molecule has 1 fully saturated rings. The molecule has 62 heavy (non-hydrogen) atoms. The highest BCUT2D eigenvalue weighted by molar-refractivity contribution is 5.98. The SMILES string of the molecule is CC[C@H](C)[C@@H]1NC(=O)[C@@H](NC(=O)[C@@H](NC(=O)[C@@H](N)Cc2ccccc2)C(C)C)CNC(=O)[C@H](Cc2ccc(O)cc2)NC(=O)C([C@@H](C)O)NC(=O)C(Cc2ccccc2)NC1=O. The van der Waals surface area contributed by atoms with Gasteiger partial charge in [0.2, 0.25) is 41.4 Å². The lowest BCUT2D eigenvalue weighted by atomic mass is 9.96. The number of carbonyl (C=O) groups excluding carboxylic acids is 7. The van der Waals surface area contributed by atoms with Gasteiger partial charge in [0, 0.05) is 19.4 Å². The Kier molecular flexibility index (Phi) is 18.0. The molecule has 1 aliphatic heterocycles. The molecule has 3 aromatic carbocycles. The van der Waals surface area contributed by atoms with Crippen LogP contribution in [0.4, 0.5) is 0 Å². The van der Waals surface area contributed by atoms with E-state index in [1.807, 2.05) is 30.3 Å². The second-order valence-corrected chi connectivity index (χ2v) is 16.1. The standard InChI is InChI=1S/C45H60N8O9/c1-6-26(4)37-44(61)49-34(22-29-15-11-8-12-16-29)41(58)53-38(27(5)54)45(62)48-33(23-30-17-19-31(55)20-18-30)40(57)47-24-35(42(59)52-37)50-43(60)36(25(2)3)51-39(56)32(46)21-28-13-9-7-10-14-28/h7-20,25-27,32-38,54-55H,6,21-24,46H2,1-5H3,(H,47,57)(H,48,62)(H,49,61)(H,50,60)(H,51,56)(H,52,59)(H,53,58)/t26-,27+,32-,33-,34?,35-,36-,37-,38?/m0/s1. The Hall–Kier alpha value is -6.33. The number of rotatable bonds is 14. The van der Waals surface area contributed by atoms with Gasteiger partial charge < -0.3 is 53.2 Å². The van der Waals surface area contributed by atoms with Crippen molar-refractivity contribution in [3.05, 3.63) is 102 Å². The van der Waals surface area contributed by atoms with E-state index >= 15 is 0 Å². The number of nitrogens with one attached hydrogen (secondary N) is 7. The van der Waals surface area contributed by atoms with Crippen molar-refractivity contribution in [2.24, 2.45) is 17.6 Å². The van der Waals surface area contributed by atoms with Crippen LogP contribution in [0.15, 0.2) is 84.9 Å². The highest BCUT2D eigenvalue weighted by atomic mass is 16.3. The first kappa shape index (κ1) is 48.3. The average molecular weight is 857 g/mol. The number of aliphatic hydroxyl groups is 1. The highest BCUT2D eigenvalue weighted by Crippen LogP contribution is 2.14. The van der Waals surface area contributed by atoms with Gasteiger partial charge in [0.25, 0.3) is 0 Å². The number of hydrogen-bond donors (Lipinski definition) is 10. The van der Waals surface area contributed by atoms with Gasteiger partial charge in [0.1, 0.15) is 42.0 Å². The van der Waals surface area contributed by atoms with Gasteiger partial charge in [-0.05, 0) is 54.0 Å². The second kappa shape index (κ2) is 23.0. The lowest BCUT2D eigenvalue weighted by molar-refractivity contribution is -0.138. The largest absolute Gasteiger partial charge is 0.508 e. The molecular weight excluding hydrogens is 797 g/mol. The Labute approximate surface area is 361 Å². The zero-order chi connectivity index (χ0) is 45.5. The fourth-order valence-corrected chi connectivity index (χ4v) is 6.83. The van der Waals surface area contributed by atoms with Crippen LogP contribution in [-0.4, -0.2) is 107 Å². The van der Waals surface area contributed by atoms with Crippen molar-refractivity contribution in [2.75, 3.05) is 6.54 Å². The van der Waals surface area contributed by atoms with Crippen LogP contribution in [0.5, 0.6) is 5.75 Å². The number of nitrogens with two attached hydrogens (primary N) is 1. The maximum absolute atomic E-state index is 14.3. The van der Waals surface area contributed by atoms with E-state index in [0.717, 1.165) is 5.56 Å². The summed E-state index contributed by atoms with van der Waals surface area (Å²) >= 11 is 0. The first-order valence-corrected chi connectivity index (χ1v) is 20.9.